The zero-order valence-corrected chi connectivity index (χ0v) is 16.8. The smallest absolute Gasteiger partial charge is 0.272 e. The fraction of sp³-hybridized carbons (Fsp3) is 0.333. The van der Waals surface area contributed by atoms with Crippen molar-refractivity contribution < 1.29 is 9.18 Å². The number of nitrogen functional groups attached to an aromatic ring is 1. The van der Waals surface area contributed by atoms with E-state index >= 15 is 0 Å². The number of benzene rings is 1. The van der Waals surface area contributed by atoms with Crippen LogP contribution in [0, 0.1) is 11.2 Å². The molecule has 1 aliphatic heterocycles. The van der Waals surface area contributed by atoms with Gasteiger partial charge in [0.15, 0.2) is 5.69 Å². The number of carbonyl (C=O) groups is 1. The van der Waals surface area contributed by atoms with Crippen molar-refractivity contribution in [3.8, 4) is 11.3 Å². The standard InChI is InChI=1S/C21H26FN7O/c1-26-20(29-10-8-13(24)9-11-29)18(12-23)28-21(30)19-16(25)6-7-17(27-19)14-4-2-3-5-15(14)22/h2-7,12-13,18,23H,8-11,24-25H2,1H3,(H,28,30). The second kappa shape index (κ2) is 9.45. The van der Waals surface area contributed by atoms with E-state index in [0.29, 0.717) is 24.6 Å². The lowest BCUT2D eigenvalue weighted by molar-refractivity contribution is 0.0948. The molecule has 1 unspecified atom stereocenters. The lowest BCUT2D eigenvalue weighted by Crippen LogP contribution is -2.53. The lowest BCUT2D eigenvalue weighted by atomic mass is 10.0. The second-order valence-corrected chi connectivity index (χ2v) is 7.14. The van der Waals surface area contributed by atoms with Gasteiger partial charge in [-0.2, -0.15) is 0 Å². The Balaban J connectivity index is 1.82. The van der Waals surface area contributed by atoms with Gasteiger partial charge < -0.3 is 27.1 Å². The number of hydrogen-bond donors (Lipinski definition) is 4. The zero-order valence-electron chi connectivity index (χ0n) is 16.8. The van der Waals surface area contributed by atoms with Gasteiger partial charge in [0.1, 0.15) is 17.7 Å². The minimum absolute atomic E-state index is 0.0290. The molecule has 0 saturated carbocycles. The monoisotopic (exact) mass is 411 g/mol. The lowest BCUT2D eigenvalue weighted by Gasteiger charge is -2.35. The summed E-state index contributed by atoms with van der Waals surface area (Å²) in [6, 6.07) is 8.67. The van der Waals surface area contributed by atoms with Gasteiger partial charge in [0.25, 0.3) is 5.91 Å². The number of likely N-dealkylation sites (tertiary alicyclic amines) is 1. The highest BCUT2D eigenvalue weighted by Crippen LogP contribution is 2.23. The maximum atomic E-state index is 14.1. The van der Waals surface area contributed by atoms with Gasteiger partial charge in [-0.25, -0.2) is 9.37 Å². The van der Waals surface area contributed by atoms with Crippen LogP contribution in [0.25, 0.3) is 11.3 Å². The molecule has 3 rings (SSSR count). The summed E-state index contributed by atoms with van der Waals surface area (Å²) in [4.78, 5) is 23.5. The molecule has 1 amide bonds. The normalized spacial score (nSPS) is 16.2. The van der Waals surface area contributed by atoms with Crippen LogP contribution in [0.15, 0.2) is 41.4 Å². The Morgan fingerprint density at radius 1 is 1.33 bits per heavy atom. The van der Waals surface area contributed by atoms with Crippen LogP contribution in [0.2, 0.25) is 0 Å². The highest BCUT2D eigenvalue weighted by Gasteiger charge is 2.26. The van der Waals surface area contributed by atoms with Crippen LogP contribution >= 0.6 is 0 Å². The Kier molecular flexibility index (Phi) is 6.73. The van der Waals surface area contributed by atoms with E-state index in [9.17, 15) is 9.18 Å². The van der Waals surface area contributed by atoms with Crippen LogP contribution in [-0.2, 0) is 0 Å². The van der Waals surface area contributed by atoms with Crippen LogP contribution in [0.4, 0.5) is 10.1 Å². The molecule has 1 aromatic carbocycles. The van der Waals surface area contributed by atoms with Crippen LogP contribution in [0.3, 0.4) is 0 Å². The molecule has 2 aromatic rings. The fourth-order valence-corrected chi connectivity index (χ4v) is 3.47. The van der Waals surface area contributed by atoms with Crippen LogP contribution in [0.5, 0.6) is 0 Å². The Hall–Kier alpha value is -3.33. The second-order valence-electron chi connectivity index (χ2n) is 7.14. The van der Waals surface area contributed by atoms with E-state index in [2.05, 4.69) is 15.3 Å². The maximum absolute atomic E-state index is 14.1. The topological polar surface area (TPSA) is 133 Å². The quantitative estimate of drug-likeness (QED) is 0.439. The fourth-order valence-electron chi connectivity index (χ4n) is 3.47. The van der Waals surface area contributed by atoms with E-state index in [4.69, 9.17) is 16.9 Å². The Morgan fingerprint density at radius 2 is 2.03 bits per heavy atom. The van der Waals surface area contributed by atoms with Crippen molar-refractivity contribution in [1.82, 2.24) is 15.2 Å². The summed E-state index contributed by atoms with van der Waals surface area (Å²) in [5.74, 6) is -0.426. The summed E-state index contributed by atoms with van der Waals surface area (Å²) < 4.78 is 14.1. The van der Waals surface area contributed by atoms with Crippen LogP contribution < -0.4 is 16.8 Å². The first kappa shape index (κ1) is 21.4. The van der Waals surface area contributed by atoms with Crippen molar-refractivity contribution in [2.75, 3.05) is 25.9 Å². The van der Waals surface area contributed by atoms with Gasteiger partial charge in [0.2, 0.25) is 0 Å². The van der Waals surface area contributed by atoms with Crippen molar-refractivity contribution in [3.05, 3.63) is 47.9 Å². The molecular weight excluding hydrogens is 385 g/mol. The van der Waals surface area contributed by atoms with E-state index in [1.807, 2.05) is 4.90 Å². The van der Waals surface area contributed by atoms with E-state index < -0.39 is 17.8 Å². The number of nitrogens with two attached hydrogens (primary N) is 2. The number of hydrogen-bond acceptors (Lipinski definition) is 6. The summed E-state index contributed by atoms with van der Waals surface area (Å²) in [5, 5.41) is 10.5. The molecule has 1 saturated heterocycles. The van der Waals surface area contributed by atoms with Gasteiger partial charge in [-0.1, -0.05) is 12.1 Å². The molecule has 6 N–H and O–H groups in total. The van der Waals surface area contributed by atoms with Gasteiger partial charge in [0, 0.05) is 38.0 Å². The van der Waals surface area contributed by atoms with Crippen LogP contribution in [0.1, 0.15) is 23.3 Å². The molecule has 1 atom stereocenters. The summed E-state index contributed by atoms with van der Waals surface area (Å²) in [7, 11) is 1.62. The van der Waals surface area contributed by atoms with E-state index in [0.717, 1.165) is 19.1 Å². The SMILES string of the molecule is CN=C(C(C=N)NC(=O)c1nc(-c2ccccc2F)ccc1N)N1CCC(N)CC1. The van der Waals surface area contributed by atoms with Crippen LogP contribution in [-0.4, -0.2) is 60.1 Å². The zero-order chi connectivity index (χ0) is 21.7. The molecule has 1 fully saturated rings. The molecule has 2 heterocycles. The number of amidine groups is 1. The number of aliphatic imine (C=N–C) groups is 1. The predicted molar refractivity (Wildman–Crippen MR) is 116 cm³/mol. The number of nitrogens with zero attached hydrogens (tertiary/aromatic N) is 3. The van der Waals surface area contributed by atoms with Gasteiger partial charge in [0.05, 0.1) is 11.4 Å². The number of rotatable bonds is 5. The number of aromatic nitrogens is 1. The number of amides is 1. The number of pyridine rings is 1. The molecule has 1 aromatic heterocycles. The van der Waals surface area contributed by atoms with Crippen molar-refractivity contribution in [2.45, 2.75) is 24.9 Å². The van der Waals surface area contributed by atoms with Gasteiger partial charge in [-0.3, -0.25) is 9.79 Å². The average Bonchev–Trinajstić information content (AvgIpc) is 2.75. The number of halogens is 1. The third-order valence-electron chi connectivity index (χ3n) is 5.12. The molecular formula is C21H26FN7O. The third-order valence-corrected chi connectivity index (χ3v) is 5.12. The maximum Gasteiger partial charge on any atom is 0.272 e. The van der Waals surface area contributed by atoms with E-state index in [1.165, 1.54) is 12.1 Å². The minimum Gasteiger partial charge on any atom is -0.397 e. The number of piperidine rings is 1. The molecule has 0 spiro atoms. The van der Waals surface area contributed by atoms with E-state index in [-0.39, 0.29) is 23.0 Å². The average molecular weight is 411 g/mol. The first-order valence-corrected chi connectivity index (χ1v) is 9.74. The first-order valence-electron chi connectivity index (χ1n) is 9.74. The highest BCUT2D eigenvalue weighted by molar-refractivity contribution is 6.07. The van der Waals surface area contributed by atoms with Gasteiger partial charge >= 0.3 is 0 Å². The summed E-state index contributed by atoms with van der Waals surface area (Å²) >= 11 is 0. The number of carbonyl (C=O) groups excluding carboxylic acids is 1. The highest BCUT2D eigenvalue weighted by atomic mass is 19.1. The molecule has 9 heteroatoms. The Morgan fingerprint density at radius 3 is 2.67 bits per heavy atom. The molecule has 8 nitrogen and oxygen atoms in total. The molecule has 0 bridgehead atoms. The summed E-state index contributed by atoms with van der Waals surface area (Å²) in [6.45, 7) is 1.41. The molecule has 1 aliphatic rings. The number of anilines is 1. The molecule has 0 aliphatic carbocycles. The Bertz CT molecular complexity index is 954. The molecule has 158 valence electrons. The van der Waals surface area contributed by atoms with Crippen molar-refractivity contribution in [2.24, 2.45) is 10.7 Å². The number of nitrogens with one attached hydrogen (secondary N) is 2. The van der Waals surface area contributed by atoms with Crippen molar-refractivity contribution in [3.63, 3.8) is 0 Å². The molecule has 30 heavy (non-hydrogen) atoms. The third kappa shape index (κ3) is 4.62. The van der Waals surface area contributed by atoms with Crippen molar-refractivity contribution in [1.29, 1.82) is 5.41 Å². The summed E-state index contributed by atoms with van der Waals surface area (Å²) in [5.41, 5.74) is 12.6. The largest absolute Gasteiger partial charge is 0.397 e. The predicted octanol–water partition coefficient (Wildman–Crippen LogP) is 1.67. The first-order chi connectivity index (χ1) is 14.4. The summed E-state index contributed by atoms with van der Waals surface area (Å²) in [6.07, 6.45) is 2.75. The molecule has 0 radical (unpaired) electrons. The van der Waals surface area contributed by atoms with Crippen molar-refractivity contribution >= 4 is 23.6 Å². The minimum atomic E-state index is -0.741. The van der Waals surface area contributed by atoms with Gasteiger partial charge in [-0.15, -0.1) is 0 Å². The van der Waals surface area contributed by atoms with E-state index in [1.54, 1.807) is 31.3 Å². The van der Waals surface area contributed by atoms with Gasteiger partial charge in [-0.05, 0) is 37.1 Å². The Labute approximate surface area is 174 Å².